The second kappa shape index (κ2) is 5.07. The molecule has 0 aromatic heterocycles. The fraction of sp³-hybridized carbons (Fsp3) is 0.750. The Labute approximate surface area is 112 Å². The van der Waals surface area contributed by atoms with Crippen LogP contribution in [0.25, 0.3) is 0 Å². The number of amidine groups is 1. The normalized spacial score (nSPS) is 27.5. The number of carbonyl (C=O) groups excluding carboxylic acids is 2. The van der Waals surface area contributed by atoms with E-state index in [0.717, 1.165) is 0 Å². The van der Waals surface area contributed by atoms with Crippen molar-refractivity contribution in [3.63, 3.8) is 0 Å². The number of hydrogen-bond donors (Lipinski definition) is 4. The molecular weight excluding hydrogens is 248 g/mol. The monoisotopic (exact) mass is 270 g/mol. The van der Waals surface area contributed by atoms with Crippen molar-refractivity contribution < 1.29 is 14.8 Å². The molecule has 0 bridgehead atoms. The van der Waals surface area contributed by atoms with Crippen molar-refractivity contribution in [3.8, 4) is 0 Å². The number of carbonyl (C=O) groups is 2. The van der Waals surface area contributed by atoms with Crippen molar-refractivity contribution in [1.29, 1.82) is 0 Å². The third kappa shape index (κ3) is 2.80. The van der Waals surface area contributed by atoms with Crippen molar-refractivity contribution in [2.45, 2.75) is 33.6 Å². The van der Waals surface area contributed by atoms with E-state index < -0.39 is 16.7 Å². The Bertz CT molecular complexity index is 411. The first-order valence-corrected chi connectivity index (χ1v) is 6.22. The topological polar surface area (TPSA) is 131 Å². The zero-order valence-electron chi connectivity index (χ0n) is 11.6. The molecule has 0 aliphatic heterocycles. The lowest BCUT2D eigenvalue weighted by atomic mass is 9.61. The van der Waals surface area contributed by atoms with Crippen LogP contribution in [-0.4, -0.2) is 29.4 Å². The van der Waals surface area contributed by atoms with E-state index in [0.29, 0.717) is 18.8 Å². The highest BCUT2D eigenvalue weighted by atomic mass is 16.4. The highest BCUT2D eigenvalue weighted by Crippen LogP contribution is 2.45. The molecule has 2 amide bonds. The van der Waals surface area contributed by atoms with Gasteiger partial charge in [-0.05, 0) is 32.6 Å². The number of primary amides is 1. The summed E-state index contributed by atoms with van der Waals surface area (Å²) >= 11 is 0. The highest BCUT2D eigenvalue weighted by Gasteiger charge is 2.52. The molecule has 0 radical (unpaired) electrons. The van der Waals surface area contributed by atoms with Crippen molar-refractivity contribution in [1.82, 2.24) is 5.32 Å². The number of nitrogens with two attached hydrogens (primary N) is 2. The first kappa shape index (κ1) is 15.3. The summed E-state index contributed by atoms with van der Waals surface area (Å²) in [6.45, 7) is 5.41. The maximum absolute atomic E-state index is 12.2. The molecule has 1 rings (SSSR count). The van der Waals surface area contributed by atoms with Gasteiger partial charge in [0.25, 0.3) is 0 Å². The number of oxime groups is 1. The van der Waals surface area contributed by atoms with Gasteiger partial charge in [-0.2, -0.15) is 0 Å². The second-order valence-electron chi connectivity index (χ2n) is 6.01. The molecule has 0 aromatic carbocycles. The van der Waals surface area contributed by atoms with Gasteiger partial charge < -0.3 is 22.0 Å². The molecule has 1 fully saturated rings. The summed E-state index contributed by atoms with van der Waals surface area (Å²) < 4.78 is 0. The Morgan fingerprint density at radius 2 is 1.95 bits per heavy atom. The van der Waals surface area contributed by atoms with Gasteiger partial charge in [-0.3, -0.25) is 9.59 Å². The van der Waals surface area contributed by atoms with Gasteiger partial charge in [-0.1, -0.05) is 12.1 Å². The Kier molecular flexibility index (Phi) is 4.07. The molecule has 0 atom stereocenters. The Balaban J connectivity index is 2.74. The summed E-state index contributed by atoms with van der Waals surface area (Å²) in [5.41, 5.74) is 9.07. The van der Waals surface area contributed by atoms with Gasteiger partial charge in [0.05, 0.1) is 5.41 Å². The quantitative estimate of drug-likeness (QED) is 0.238. The minimum atomic E-state index is -0.956. The number of nitrogens with zero attached hydrogens (tertiary/aromatic N) is 1. The van der Waals surface area contributed by atoms with E-state index in [9.17, 15) is 9.59 Å². The number of rotatable bonds is 5. The van der Waals surface area contributed by atoms with Crippen LogP contribution in [0.2, 0.25) is 0 Å². The SMILES string of the molecule is CC1CC(C(=O)NCC(C)(C)C(N)=O)(C(N)=NO)C1. The van der Waals surface area contributed by atoms with Gasteiger partial charge in [-0.25, -0.2) is 0 Å². The summed E-state index contributed by atoms with van der Waals surface area (Å²) in [7, 11) is 0. The minimum absolute atomic E-state index is 0.0834. The maximum atomic E-state index is 12.2. The van der Waals surface area contributed by atoms with E-state index in [-0.39, 0.29) is 18.3 Å². The van der Waals surface area contributed by atoms with E-state index in [4.69, 9.17) is 16.7 Å². The van der Waals surface area contributed by atoms with Crippen LogP contribution in [0.3, 0.4) is 0 Å². The van der Waals surface area contributed by atoms with Crippen LogP contribution in [0.5, 0.6) is 0 Å². The fourth-order valence-electron chi connectivity index (χ4n) is 2.29. The molecule has 0 saturated heterocycles. The van der Waals surface area contributed by atoms with Crippen LogP contribution < -0.4 is 16.8 Å². The molecule has 0 aromatic rings. The van der Waals surface area contributed by atoms with Crippen molar-refractivity contribution in [3.05, 3.63) is 0 Å². The van der Waals surface area contributed by atoms with E-state index in [1.807, 2.05) is 6.92 Å². The van der Waals surface area contributed by atoms with Crippen LogP contribution in [-0.2, 0) is 9.59 Å². The second-order valence-corrected chi connectivity index (χ2v) is 6.01. The molecule has 7 nitrogen and oxygen atoms in total. The zero-order valence-corrected chi connectivity index (χ0v) is 11.6. The lowest BCUT2D eigenvalue weighted by molar-refractivity contribution is -0.134. The Morgan fingerprint density at radius 3 is 2.32 bits per heavy atom. The highest BCUT2D eigenvalue weighted by molar-refractivity contribution is 6.07. The predicted molar refractivity (Wildman–Crippen MR) is 70.2 cm³/mol. The summed E-state index contributed by atoms with van der Waals surface area (Å²) in [6.07, 6.45) is 1.07. The van der Waals surface area contributed by atoms with Gasteiger partial charge in [0.1, 0.15) is 5.41 Å². The average Bonchev–Trinajstić information content (AvgIpc) is 2.30. The van der Waals surface area contributed by atoms with Crippen LogP contribution >= 0.6 is 0 Å². The standard InChI is InChI=1S/C12H22N4O3/c1-7-4-12(5-7,8(13)16-19)10(18)15-6-11(2,3)9(14)17/h7,19H,4-6H2,1-3H3,(H2,13,16)(H2,14,17)(H,15,18). The van der Waals surface area contributed by atoms with Gasteiger partial charge in [0.15, 0.2) is 5.84 Å². The average molecular weight is 270 g/mol. The summed E-state index contributed by atoms with van der Waals surface area (Å²) in [4.78, 5) is 23.4. The van der Waals surface area contributed by atoms with Crippen LogP contribution in [0, 0.1) is 16.7 Å². The minimum Gasteiger partial charge on any atom is -0.409 e. The van der Waals surface area contributed by atoms with Gasteiger partial charge in [0.2, 0.25) is 11.8 Å². The molecule has 0 unspecified atom stereocenters. The third-order valence-electron chi connectivity index (χ3n) is 3.78. The Hall–Kier alpha value is -1.79. The third-order valence-corrected chi connectivity index (χ3v) is 3.78. The van der Waals surface area contributed by atoms with Gasteiger partial charge in [-0.15, -0.1) is 0 Å². The number of amides is 2. The largest absolute Gasteiger partial charge is 0.409 e. The first-order chi connectivity index (χ1) is 8.65. The molecule has 19 heavy (non-hydrogen) atoms. The predicted octanol–water partition coefficient (Wildman–Crippen LogP) is -0.223. The van der Waals surface area contributed by atoms with Gasteiger partial charge in [0, 0.05) is 6.54 Å². The lowest BCUT2D eigenvalue weighted by Crippen LogP contribution is -2.58. The molecule has 0 heterocycles. The molecule has 6 N–H and O–H groups in total. The molecule has 1 aliphatic rings. The fourth-order valence-corrected chi connectivity index (χ4v) is 2.29. The molecule has 1 saturated carbocycles. The maximum Gasteiger partial charge on any atom is 0.234 e. The van der Waals surface area contributed by atoms with E-state index in [1.54, 1.807) is 13.8 Å². The summed E-state index contributed by atoms with van der Waals surface area (Å²) in [5, 5.41) is 14.4. The molecule has 1 aliphatic carbocycles. The van der Waals surface area contributed by atoms with Crippen molar-refractivity contribution >= 4 is 17.6 Å². The van der Waals surface area contributed by atoms with Crippen LogP contribution in [0.4, 0.5) is 0 Å². The Morgan fingerprint density at radius 1 is 1.42 bits per heavy atom. The van der Waals surface area contributed by atoms with Crippen molar-refractivity contribution in [2.75, 3.05) is 6.54 Å². The first-order valence-electron chi connectivity index (χ1n) is 6.22. The molecule has 108 valence electrons. The molecule has 7 heteroatoms. The smallest absolute Gasteiger partial charge is 0.234 e. The summed E-state index contributed by atoms with van der Waals surface area (Å²) in [6, 6.07) is 0. The number of hydrogen-bond acceptors (Lipinski definition) is 4. The summed E-state index contributed by atoms with van der Waals surface area (Å²) in [5.74, 6) is -0.557. The van der Waals surface area contributed by atoms with E-state index in [1.165, 1.54) is 0 Å². The molecular formula is C12H22N4O3. The van der Waals surface area contributed by atoms with Crippen LogP contribution in [0.15, 0.2) is 5.16 Å². The molecule has 0 spiro atoms. The van der Waals surface area contributed by atoms with Crippen LogP contribution in [0.1, 0.15) is 33.6 Å². The van der Waals surface area contributed by atoms with E-state index >= 15 is 0 Å². The zero-order chi connectivity index (χ0) is 14.8. The van der Waals surface area contributed by atoms with Gasteiger partial charge >= 0.3 is 0 Å². The lowest BCUT2D eigenvalue weighted by Gasteiger charge is -2.44. The number of nitrogens with one attached hydrogen (secondary N) is 1. The van der Waals surface area contributed by atoms with Crippen molar-refractivity contribution in [2.24, 2.45) is 33.4 Å². The van der Waals surface area contributed by atoms with E-state index in [2.05, 4.69) is 10.5 Å².